The third-order valence-corrected chi connectivity index (χ3v) is 3.09. The van der Waals surface area contributed by atoms with Gasteiger partial charge >= 0.3 is 6.03 Å². The molecule has 6 nitrogen and oxygen atoms in total. The summed E-state index contributed by atoms with van der Waals surface area (Å²) in [6.45, 7) is 6.19. The van der Waals surface area contributed by atoms with Gasteiger partial charge in [0, 0.05) is 18.9 Å². The molecule has 0 bridgehead atoms. The number of carbonyl (C=O) groups is 2. The van der Waals surface area contributed by atoms with Crippen molar-refractivity contribution in [1.29, 1.82) is 0 Å². The van der Waals surface area contributed by atoms with Crippen molar-refractivity contribution >= 4 is 23.7 Å². The Balaban J connectivity index is 2.38. The fourth-order valence-corrected chi connectivity index (χ4v) is 1.84. The summed E-state index contributed by atoms with van der Waals surface area (Å²) in [5.74, 6) is -0.0240. The van der Waals surface area contributed by atoms with Crippen molar-refractivity contribution in [2.75, 3.05) is 6.54 Å². The zero-order chi connectivity index (χ0) is 14.3. The van der Waals surface area contributed by atoms with E-state index in [1.165, 1.54) is 11.8 Å². The number of carbonyl (C=O) groups excluding carboxylic acids is 2. The van der Waals surface area contributed by atoms with Crippen LogP contribution in [0, 0.1) is 5.92 Å². The van der Waals surface area contributed by atoms with Crippen molar-refractivity contribution in [2.45, 2.75) is 31.2 Å². The molecule has 1 aromatic heterocycles. The highest BCUT2D eigenvalue weighted by Crippen LogP contribution is 2.17. The number of hydrogen-bond acceptors (Lipinski definition) is 5. The number of hydrogen-bond donors (Lipinski definition) is 2. The van der Waals surface area contributed by atoms with Crippen LogP contribution in [-0.4, -0.2) is 33.7 Å². The topological polar surface area (TPSA) is 84.0 Å². The van der Waals surface area contributed by atoms with Gasteiger partial charge in [-0.1, -0.05) is 25.6 Å². The molecule has 1 aromatic rings. The molecule has 3 amide bonds. The normalized spacial score (nSPS) is 12.0. The molecule has 0 fully saturated rings. The maximum atomic E-state index is 11.8. The molecule has 0 aromatic carbocycles. The van der Waals surface area contributed by atoms with Crippen LogP contribution in [0.15, 0.2) is 23.6 Å². The molecule has 7 heteroatoms. The Hall–Kier alpha value is -1.63. The number of urea groups is 1. The molecule has 0 saturated heterocycles. The van der Waals surface area contributed by atoms with E-state index in [-0.39, 0.29) is 5.91 Å². The van der Waals surface area contributed by atoms with Crippen molar-refractivity contribution < 1.29 is 9.59 Å². The van der Waals surface area contributed by atoms with Crippen molar-refractivity contribution in [1.82, 2.24) is 20.6 Å². The molecule has 1 unspecified atom stereocenters. The Morgan fingerprint density at radius 3 is 2.47 bits per heavy atom. The summed E-state index contributed by atoms with van der Waals surface area (Å²) >= 11 is 1.20. The molecule has 19 heavy (non-hydrogen) atoms. The standard InChI is InChI=1S/C12H18N4O2S/c1-8(2)7-15-11(18)16-10(17)9(3)19-12-13-5-4-6-14-12/h4-6,8-9H,7H2,1-3H3,(H2,15,16,17,18). The number of rotatable bonds is 5. The first-order valence-electron chi connectivity index (χ1n) is 6.01. The second-order valence-electron chi connectivity index (χ2n) is 4.38. The lowest BCUT2D eigenvalue weighted by Crippen LogP contribution is -2.43. The van der Waals surface area contributed by atoms with E-state index in [9.17, 15) is 9.59 Å². The van der Waals surface area contributed by atoms with Gasteiger partial charge in [0.15, 0.2) is 5.16 Å². The smallest absolute Gasteiger partial charge is 0.321 e. The lowest BCUT2D eigenvalue weighted by Gasteiger charge is -2.11. The lowest BCUT2D eigenvalue weighted by atomic mass is 10.2. The molecule has 2 N–H and O–H groups in total. The summed E-state index contributed by atoms with van der Waals surface area (Å²) in [6, 6.07) is 1.23. The van der Waals surface area contributed by atoms with Crippen LogP contribution in [0.1, 0.15) is 20.8 Å². The number of nitrogens with zero attached hydrogens (tertiary/aromatic N) is 2. The number of thioether (sulfide) groups is 1. The van der Waals surface area contributed by atoms with Crippen molar-refractivity contribution in [2.24, 2.45) is 5.92 Å². The predicted molar refractivity (Wildman–Crippen MR) is 73.7 cm³/mol. The van der Waals surface area contributed by atoms with Crippen LogP contribution in [0.2, 0.25) is 0 Å². The fourth-order valence-electron chi connectivity index (χ4n) is 1.11. The highest BCUT2D eigenvalue weighted by atomic mass is 32.2. The van der Waals surface area contributed by atoms with Gasteiger partial charge in [0.05, 0.1) is 5.25 Å². The average Bonchev–Trinajstić information content (AvgIpc) is 2.37. The third kappa shape index (κ3) is 6.19. The highest BCUT2D eigenvalue weighted by Gasteiger charge is 2.18. The maximum Gasteiger partial charge on any atom is 0.321 e. The van der Waals surface area contributed by atoms with Gasteiger partial charge in [-0.05, 0) is 18.9 Å². The van der Waals surface area contributed by atoms with Crippen molar-refractivity contribution in [3.05, 3.63) is 18.5 Å². The summed E-state index contributed by atoms with van der Waals surface area (Å²) in [5, 5.41) is 4.98. The Bertz CT molecular complexity index is 425. The quantitative estimate of drug-likeness (QED) is 0.630. The SMILES string of the molecule is CC(C)CNC(=O)NC(=O)C(C)Sc1ncccn1. The van der Waals surface area contributed by atoms with Gasteiger partial charge < -0.3 is 5.32 Å². The van der Waals surface area contributed by atoms with E-state index in [2.05, 4.69) is 20.6 Å². The predicted octanol–water partition coefficient (Wildman–Crippen LogP) is 1.44. The number of nitrogens with one attached hydrogen (secondary N) is 2. The molecule has 0 spiro atoms. The van der Waals surface area contributed by atoms with E-state index in [1.807, 2.05) is 13.8 Å². The number of imide groups is 1. The minimum atomic E-state index is -0.472. The van der Waals surface area contributed by atoms with Gasteiger partial charge in [-0.15, -0.1) is 0 Å². The first kappa shape index (κ1) is 15.4. The molecule has 1 heterocycles. The van der Waals surface area contributed by atoms with Crippen LogP contribution in [0.5, 0.6) is 0 Å². The van der Waals surface area contributed by atoms with Crippen LogP contribution in [0.3, 0.4) is 0 Å². The Kier molecular flexibility index (Phi) is 6.27. The Morgan fingerprint density at radius 1 is 1.26 bits per heavy atom. The maximum absolute atomic E-state index is 11.8. The molecular weight excluding hydrogens is 264 g/mol. The van der Waals surface area contributed by atoms with Crippen LogP contribution in [0.4, 0.5) is 4.79 Å². The van der Waals surface area contributed by atoms with Gasteiger partial charge in [0.2, 0.25) is 5.91 Å². The van der Waals surface area contributed by atoms with Crippen LogP contribution < -0.4 is 10.6 Å². The van der Waals surface area contributed by atoms with E-state index in [0.29, 0.717) is 17.6 Å². The Labute approximate surface area is 116 Å². The monoisotopic (exact) mass is 282 g/mol. The van der Waals surface area contributed by atoms with E-state index >= 15 is 0 Å². The molecule has 104 valence electrons. The van der Waals surface area contributed by atoms with Gasteiger partial charge in [0.25, 0.3) is 0 Å². The van der Waals surface area contributed by atoms with E-state index in [0.717, 1.165) is 0 Å². The van der Waals surface area contributed by atoms with E-state index in [1.54, 1.807) is 25.4 Å². The molecule has 0 saturated carbocycles. The van der Waals surface area contributed by atoms with Crippen molar-refractivity contribution in [3.8, 4) is 0 Å². The summed E-state index contributed by atoms with van der Waals surface area (Å²) in [5.41, 5.74) is 0. The largest absolute Gasteiger partial charge is 0.338 e. The molecule has 0 aliphatic rings. The summed E-state index contributed by atoms with van der Waals surface area (Å²) in [7, 11) is 0. The second kappa shape index (κ2) is 7.73. The van der Waals surface area contributed by atoms with Gasteiger partial charge in [-0.2, -0.15) is 0 Å². The highest BCUT2D eigenvalue weighted by molar-refractivity contribution is 8.00. The second-order valence-corrected chi connectivity index (χ2v) is 5.69. The van der Waals surface area contributed by atoms with Crippen LogP contribution >= 0.6 is 11.8 Å². The molecular formula is C12H18N4O2S. The third-order valence-electron chi connectivity index (χ3n) is 2.10. The number of aromatic nitrogens is 2. The van der Waals surface area contributed by atoms with Gasteiger partial charge in [0.1, 0.15) is 0 Å². The number of amides is 3. The molecule has 1 atom stereocenters. The van der Waals surface area contributed by atoms with Crippen molar-refractivity contribution in [3.63, 3.8) is 0 Å². The first-order chi connectivity index (χ1) is 8.99. The molecule has 0 radical (unpaired) electrons. The first-order valence-corrected chi connectivity index (χ1v) is 6.89. The zero-order valence-electron chi connectivity index (χ0n) is 11.2. The lowest BCUT2D eigenvalue weighted by molar-refractivity contribution is -0.119. The van der Waals surface area contributed by atoms with Gasteiger partial charge in [-0.3, -0.25) is 10.1 Å². The average molecular weight is 282 g/mol. The summed E-state index contributed by atoms with van der Waals surface area (Å²) < 4.78 is 0. The minimum Gasteiger partial charge on any atom is -0.338 e. The zero-order valence-corrected chi connectivity index (χ0v) is 12.0. The summed E-state index contributed by atoms with van der Waals surface area (Å²) in [4.78, 5) is 31.2. The van der Waals surface area contributed by atoms with E-state index in [4.69, 9.17) is 0 Å². The summed E-state index contributed by atoms with van der Waals surface area (Å²) in [6.07, 6.45) is 3.21. The van der Waals surface area contributed by atoms with Gasteiger partial charge in [-0.25, -0.2) is 14.8 Å². The Morgan fingerprint density at radius 2 is 1.89 bits per heavy atom. The van der Waals surface area contributed by atoms with Crippen LogP contribution in [0.25, 0.3) is 0 Å². The van der Waals surface area contributed by atoms with E-state index < -0.39 is 11.3 Å². The molecule has 0 aliphatic carbocycles. The van der Waals surface area contributed by atoms with Crippen LogP contribution in [-0.2, 0) is 4.79 Å². The molecule has 0 aliphatic heterocycles. The minimum absolute atomic E-state index is 0.338. The molecule has 1 rings (SSSR count). The fraction of sp³-hybridized carbons (Fsp3) is 0.500.